The number of nitrogens with zero attached hydrogens (tertiary/aromatic N) is 3. The van der Waals surface area contributed by atoms with Crippen LogP contribution in [0.2, 0.25) is 10.0 Å². The molecule has 2 heterocycles. The molecule has 2 aromatic heterocycles. The summed E-state index contributed by atoms with van der Waals surface area (Å²) in [6.45, 7) is 0.432. The molecule has 0 saturated heterocycles. The highest BCUT2D eigenvalue weighted by molar-refractivity contribution is 6.35. The highest BCUT2D eigenvalue weighted by atomic mass is 35.5. The number of rotatable bonds is 5. The highest BCUT2D eigenvalue weighted by Crippen LogP contribution is 2.21. The van der Waals surface area contributed by atoms with Gasteiger partial charge in [0.1, 0.15) is 0 Å². The zero-order chi connectivity index (χ0) is 19.5. The molecule has 0 unspecified atom stereocenters. The van der Waals surface area contributed by atoms with Gasteiger partial charge in [-0.3, -0.25) is 9.48 Å². The number of hydrogen-bond acceptors (Lipinski definition) is 3. The molecule has 6 nitrogen and oxygen atoms in total. The van der Waals surface area contributed by atoms with Gasteiger partial charge in [-0.25, -0.2) is 5.43 Å². The van der Waals surface area contributed by atoms with E-state index in [0.717, 1.165) is 22.0 Å². The van der Waals surface area contributed by atoms with E-state index in [4.69, 9.17) is 23.2 Å². The SMILES string of the molecule is O=C(N/N=C/c1c[nH]c2ccccc12)c1ccn(Cc2ccc(Cl)cc2Cl)n1. The fraction of sp³-hybridized carbons (Fsp3) is 0.0500. The van der Waals surface area contributed by atoms with E-state index in [1.54, 1.807) is 35.3 Å². The highest BCUT2D eigenvalue weighted by Gasteiger charge is 2.10. The Bertz CT molecular complexity index is 1180. The van der Waals surface area contributed by atoms with Crippen molar-refractivity contribution in [2.75, 3.05) is 0 Å². The molecule has 0 aliphatic carbocycles. The van der Waals surface area contributed by atoms with Crippen LogP contribution in [0, 0.1) is 0 Å². The zero-order valence-corrected chi connectivity index (χ0v) is 16.1. The maximum absolute atomic E-state index is 12.3. The van der Waals surface area contributed by atoms with Gasteiger partial charge in [-0.1, -0.05) is 47.5 Å². The Morgan fingerprint density at radius 1 is 1.21 bits per heavy atom. The van der Waals surface area contributed by atoms with Crippen LogP contribution in [0.3, 0.4) is 0 Å². The number of aromatic nitrogens is 3. The van der Waals surface area contributed by atoms with Crippen LogP contribution < -0.4 is 5.43 Å². The molecule has 4 rings (SSSR count). The van der Waals surface area contributed by atoms with E-state index >= 15 is 0 Å². The summed E-state index contributed by atoms with van der Waals surface area (Å²) < 4.78 is 1.63. The van der Waals surface area contributed by atoms with E-state index in [0.29, 0.717) is 16.6 Å². The van der Waals surface area contributed by atoms with Crippen molar-refractivity contribution in [2.45, 2.75) is 6.54 Å². The smallest absolute Gasteiger partial charge is 0.291 e. The number of para-hydroxylation sites is 1. The van der Waals surface area contributed by atoms with Crippen molar-refractivity contribution in [2.24, 2.45) is 5.10 Å². The Hall–Kier alpha value is -3.09. The van der Waals surface area contributed by atoms with Gasteiger partial charge in [0.25, 0.3) is 5.91 Å². The lowest BCUT2D eigenvalue weighted by Crippen LogP contribution is -2.18. The predicted molar refractivity (Wildman–Crippen MR) is 111 cm³/mol. The first kappa shape index (κ1) is 18.3. The van der Waals surface area contributed by atoms with Crippen molar-refractivity contribution in [1.82, 2.24) is 20.2 Å². The number of aromatic amines is 1. The molecule has 28 heavy (non-hydrogen) atoms. The maximum atomic E-state index is 12.3. The first-order chi connectivity index (χ1) is 13.6. The number of halogens is 2. The standard InChI is InChI=1S/C20H15Cl2N5O/c21-15-6-5-13(17(22)9-15)12-27-8-7-19(26-27)20(28)25-24-11-14-10-23-18-4-2-1-3-16(14)18/h1-11,23H,12H2,(H,25,28)/b24-11+. The van der Waals surface area contributed by atoms with Crippen LogP contribution in [0.15, 0.2) is 66.0 Å². The van der Waals surface area contributed by atoms with Gasteiger partial charge in [0.05, 0.1) is 12.8 Å². The van der Waals surface area contributed by atoms with Crippen molar-refractivity contribution in [3.05, 3.63) is 87.8 Å². The third-order valence-corrected chi connectivity index (χ3v) is 4.80. The van der Waals surface area contributed by atoms with Crippen molar-refractivity contribution in [1.29, 1.82) is 0 Å². The largest absolute Gasteiger partial charge is 0.361 e. The number of hydrogen-bond donors (Lipinski definition) is 2. The second kappa shape index (κ2) is 7.88. The number of nitrogens with one attached hydrogen (secondary N) is 2. The Morgan fingerprint density at radius 2 is 2.07 bits per heavy atom. The summed E-state index contributed by atoms with van der Waals surface area (Å²) in [5.74, 6) is -0.392. The second-order valence-corrected chi connectivity index (χ2v) is 6.97. The topological polar surface area (TPSA) is 75.1 Å². The summed E-state index contributed by atoms with van der Waals surface area (Å²) >= 11 is 12.1. The van der Waals surface area contributed by atoms with E-state index in [9.17, 15) is 4.79 Å². The van der Waals surface area contributed by atoms with Crippen LogP contribution in [0.25, 0.3) is 10.9 Å². The second-order valence-electron chi connectivity index (χ2n) is 6.12. The Kier molecular flexibility index (Phi) is 5.14. The molecular weight excluding hydrogens is 397 g/mol. The molecule has 2 aromatic carbocycles. The molecule has 0 radical (unpaired) electrons. The lowest BCUT2D eigenvalue weighted by atomic mass is 10.2. The Balaban J connectivity index is 1.41. The molecule has 0 atom stereocenters. The molecule has 0 aliphatic heterocycles. The summed E-state index contributed by atoms with van der Waals surface area (Å²) in [5.41, 5.74) is 5.52. The van der Waals surface area contributed by atoms with Gasteiger partial charge in [0, 0.05) is 38.9 Å². The summed E-state index contributed by atoms with van der Waals surface area (Å²) in [4.78, 5) is 15.4. The minimum absolute atomic E-state index is 0.265. The van der Waals surface area contributed by atoms with Gasteiger partial charge in [0.15, 0.2) is 5.69 Å². The van der Waals surface area contributed by atoms with E-state index in [1.807, 2.05) is 36.5 Å². The molecule has 140 valence electrons. The third-order valence-electron chi connectivity index (χ3n) is 4.21. The number of carbonyl (C=O) groups is 1. The van der Waals surface area contributed by atoms with Crippen LogP contribution >= 0.6 is 23.2 Å². The zero-order valence-electron chi connectivity index (χ0n) is 14.6. The minimum atomic E-state index is -0.392. The van der Waals surface area contributed by atoms with Crippen molar-refractivity contribution < 1.29 is 4.79 Å². The van der Waals surface area contributed by atoms with Crippen molar-refractivity contribution in [3.63, 3.8) is 0 Å². The molecule has 1 amide bonds. The molecule has 8 heteroatoms. The number of H-pyrrole nitrogens is 1. The predicted octanol–water partition coefficient (Wildman–Crippen LogP) is 4.48. The van der Waals surface area contributed by atoms with Crippen LogP contribution in [0.4, 0.5) is 0 Å². The van der Waals surface area contributed by atoms with E-state index < -0.39 is 5.91 Å². The third kappa shape index (κ3) is 3.93. The van der Waals surface area contributed by atoms with Crippen molar-refractivity contribution >= 4 is 46.2 Å². The van der Waals surface area contributed by atoms with Crippen LogP contribution in [0.5, 0.6) is 0 Å². The molecule has 4 aromatic rings. The Labute approximate surface area is 170 Å². The summed E-state index contributed by atoms with van der Waals surface area (Å²) in [6, 6.07) is 14.8. The lowest BCUT2D eigenvalue weighted by molar-refractivity contribution is 0.0949. The summed E-state index contributed by atoms with van der Waals surface area (Å²) in [6.07, 6.45) is 5.15. The number of amides is 1. The van der Waals surface area contributed by atoms with E-state index in [-0.39, 0.29) is 5.69 Å². The first-order valence-corrected chi connectivity index (χ1v) is 9.22. The fourth-order valence-corrected chi connectivity index (χ4v) is 3.28. The average Bonchev–Trinajstić information content (AvgIpc) is 3.31. The number of carbonyl (C=O) groups excluding carboxylic acids is 1. The molecule has 0 bridgehead atoms. The number of benzene rings is 2. The molecule has 0 fully saturated rings. The van der Waals surface area contributed by atoms with Crippen molar-refractivity contribution in [3.8, 4) is 0 Å². The lowest BCUT2D eigenvalue weighted by Gasteiger charge is -2.05. The van der Waals surface area contributed by atoms with Gasteiger partial charge in [0.2, 0.25) is 0 Å². The van der Waals surface area contributed by atoms with Gasteiger partial charge in [-0.2, -0.15) is 10.2 Å². The van der Waals surface area contributed by atoms with Crippen LogP contribution in [-0.2, 0) is 6.54 Å². The summed E-state index contributed by atoms with van der Waals surface area (Å²) in [7, 11) is 0. The van der Waals surface area contributed by atoms with Gasteiger partial charge < -0.3 is 4.98 Å². The molecule has 0 spiro atoms. The quantitative estimate of drug-likeness (QED) is 0.375. The Morgan fingerprint density at radius 3 is 2.93 bits per heavy atom. The van der Waals surface area contributed by atoms with E-state index in [1.165, 1.54) is 0 Å². The average molecular weight is 412 g/mol. The monoisotopic (exact) mass is 411 g/mol. The number of fused-ring (bicyclic) bond motifs is 1. The van der Waals surface area contributed by atoms with Gasteiger partial charge in [-0.05, 0) is 29.8 Å². The maximum Gasteiger partial charge on any atom is 0.291 e. The fourth-order valence-electron chi connectivity index (χ4n) is 2.81. The van der Waals surface area contributed by atoms with Crippen LogP contribution in [-0.4, -0.2) is 26.9 Å². The molecular formula is C20H15Cl2N5O. The molecule has 0 aliphatic rings. The minimum Gasteiger partial charge on any atom is -0.361 e. The van der Waals surface area contributed by atoms with Crippen LogP contribution in [0.1, 0.15) is 21.6 Å². The van der Waals surface area contributed by atoms with Gasteiger partial charge in [-0.15, -0.1) is 0 Å². The first-order valence-electron chi connectivity index (χ1n) is 8.47. The normalized spacial score (nSPS) is 11.4. The summed E-state index contributed by atoms with van der Waals surface area (Å²) in [5, 5.41) is 10.5. The van der Waals surface area contributed by atoms with Gasteiger partial charge >= 0.3 is 0 Å². The molecule has 2 N–H and O–H groups in total. The molecule has 0 saturated carbocycles. The number of hydrazone groups is 1. The van der Waals surface area contributed by atoms with E-state index in [2.05, 4.69) is 20.6 Å².